The summed E-state index contributed by atoms with van der Waals surface area (Å²) in [4.78, 5) is 0. The lowest BCUT2D eigenvalue weighted by Gasteiger charge is -2.29. The van der Waals surface area contributed by atoms with E-state index < -0.39 is 0 Å². The predicted molar refractivity (Wildman–Crippen MR) is 149 cm³/mol. The summed E-state index contributed by atoms with van der Waals surface area (Å²) in [6.45, 7) is 14.1. The van der Waals surface area contributed by atoms with E-state index in [4.69, 9.17) is 0 Å². The highest BCUT2D eigenvalue weighted by Crippen LogP contribution is 2.38. The molecule has 0 N–H and O–H groups in total. The summed E-state index contributed by atoms with van der Waals surface area (Å²) in [7, 11) is 0. The molecule has 0 unspecified atom stereocenters. The molecule has 0 spiro atoms. The van der Waals surface area contributed by atoms with Crippen molar-refractivity contribution in [2.45, 2.75) is 52.4 Å². The average molecular weight is 441 g/mol. The molecule has 0 saturated carbocycles. The van der Waals surface area contributed by atoms with E-state index in [9.17, 15) is 0 Å². The Labute approximate surface area is 203 Å². The van der Waals surface area contributed by atoms with E-state index in [1.165, 1.54) is 55.0 Å². The molecule has 0 amide bonds. The Hall–Kier alpha value is -3.26. The van der Waals surface area contributed by atoms with Gasteiger partial charge >= 0.3 is 0 Å². The highest BCUT2D eigenvalue weighted by Gasteiger charge is 2.34. The number of nitrogens with zero attached hydrogens (tertiary/aromatic N) is 1. The quantitative estimate of drug-likeness (QED) is 0.268. The lowest BCUT2D eigenvalue weighted by atomic mass is 9.35. The van der Waals surface area contributed by atoms with E-state index in [1.54, 1.807) is 0 Å². The summed E-state index contributed by atoms with van der Waals surface area (Å²) in [5, 5.41) is 2.73. The number of hydrogen-bond acceptors (Lipinski definition) is 0. The number of para-hydroxylation sites is 1. The molecule has 0 bridgehead atoms. The molecule has 1 aliphatic heterocycles. The summed E-state index contributed by atoms with van der Waals surface area (Å²) in [5.74, 6) is 0. The van der Waals surface area contributed by atoms with Crippen molar-refractivity contribution in [2.75, 3.05) is 0 Å². The first-order chi connectivity index (χ1) is 16.1. The van der Waals surface area contributed by atoms with Gasteiger partial charge in [0.15, 0.2) is 0 Å². The minimum atomic E-state index is 0.0684. The Morgan fingerprint density at radius 1 is 0.588 bits per heavy atom. The molecule has 6 rings (SSSR count). The molecule has 1 nitrogen and oxygen atoms in total. The van der Waals surface area contributed by atoms with Gasteiger partial charge in [0.25, 0.3) is 0 Å². The topological polar surface area (TPSA) is 4.93 Å². The minimum Gasteiger partial charge on any atom is -0.310 e. The highest BCUT2D eigenvalue weighted by molar-refractivity contribution is 6.98. The Morgan fingerprint density at radius 2 is 1.24 bits per heavy atom. The van der Waals surface area contributed by atoms with E-state index in [0.29, 0.717) is 0 Å². The molecule has 0 fully saturated rings. The Morgan fingerprint density at radius 3 is 1.94 bits per heavy atom. The van der Waals surface area contributed by atoms with Crippen LogP contribution in [0, 0.1) is 0 Å². The van der Waals surface area contributed by atoms with Gasteiger partial charge in [-0.05, 0) is 57.1 Å². The van der Waals surface area contributed by atoms with Crippen LogP contribution in [0.15, 0.2) is 84.9 Å². The van der Waals surface area contributed by atoms with Gasteiger partial charge in [-0.15, -0.1) is 0 Å². The molecule has 168 valence electrons. The summed E-state index contributed by atoms with van der Waals surface area (Å²) < 4.78 is 2.52. The zero-order chi connectivity index (χ0) is 23.8. The van der Waals surface area contributed by atoms with Gasteiger partial charge in [-0.2, -0.15) is 0 Å². The number of fused-ring (bicyclic) bond motifs is 5. The predicted octanol–water partition coefficient (Wildman–Crippen LogP) is 6.21. The molecule has 0 aliphatic carbocycles. The number of aromatic nitrogens is 1. The van der Waals surface area contributed by atoms with Crippen LogP contribution in [-0.2, 0) is 10.8 Å². The summed E-state index contributed by atoms with van der Waals surface area (Å²) in [6, 6.07) is 32.0. The lowest BCUT2D eigenvalue weighted by molar-refractivity contribution is 0.590. The monoisotopic (exact) mass is 441 g/mol. The van der Waals surface area contributed by atoms with Crippen molar-refractivity contribution in [2.24, 2.45) is 0 Å². The normalized spacial score (nSPS) is 13.5. The molecule has 1 aliphatic rings. The maximum absolute atomic E-state index is 2.52. The number of rotatable bonds is 1. The molecule has 2 heteroatoms. The number of benzene rings is 4. The van der Waals surface area contributed by atoms with Crippen molar-refractivity contribution in [3.05, 3.63) is 96.1 Å². The van der Waals surface area contributed by atoms with Gasteiger partial charge < -0.3 is 4.57 Å². The third kappa shape index (κ3) is 3.08. The first kappa shape index (κ1) is 21.3. The smallest absolute Gasteiger partial charge is 0.246 e. The van der Waals surface area contributed by atoms with Crippen LogP contribution in [0.3, 0.4) is 0 Å². The Bertz CT molecular complexity index is 1560. The van der Waals surface area contributed by atoms with Crippen LogP contribution < -0.4 is 16.4 Å². The average Bonchev–Trinajstić information content (AvgIpc) is 3.13. The first-order valence-corrected chi connectivity index (χ1v) is 12.4. The maximum atomic E-state index is 2.52. The van der Waals surface area contributed by atoms with Gasteiger partial charge in [-0.25, -0.2) is 0 Å². The molecule has 2 heterocycles. The lowest BCUT2D eigenvalue weighted by Crippen LogP contribution is -2.56. The fraction of sp³-hybridized carbons (Fsp3) is 0.250. The summed E-state index contributed by atoms with van der Waals surface area (Å²) in [6.07, 6.45) is 0. The van der Waals surface area contributed by atoms with Gasteiger partial charge in [0.2, 0.25) is 6.71 Å². The van der Waals surface area contributed by atoms with E-state index >= 15 is 0 Å². The van der Waals surface area contributed by atoms with Gasteiger partial charge in [-0.3, -0.25) is 0 Å². The molecule has 0 saturated heterocycles. The summed E-state index contributed by atoms with van der Waals surface area (Å²) in [5.41, 5.74) is 11.1. The van der Waals surface area contributed by atoms with Gasteiger partial charge in [0, 0.05) is 22.0 Å². The van der Waals surface area contributed by atoms with E-state index in [2.05, 4.69) is 131 Å². The standard InChI is InChI=1S/C32H32BN/c1-31(2,3)21-16-17-28-24(18-21)25-19-22(32(4,5)6)20-27-30(25)34(28)29-15-11-10-14-26(29)33(27)23-12-8-7-9-13-23/h7-20H,1-6H3. The van der Waals surface area contributed by atoms with Gasteiger partial charge in [0.1, 0.15) is 0 Å². The van der Waals surface area contributed by atoms with Crippen LogP contribution in [-0.4, -0.2) is 11.3 Å². The summed E-state index contributed by atoms with van der Waals surface area (Å²) >= 11 is 0. The molecular weight excluding hydrogens is 409 g/mol. The van der Waals surface area contributed by atoms with Crippen molar-refractivity contribution >= 4 is 44.9 Å². The fourth-order valence-corrected chi connectivity index (χ4v) is 5.66. The van der Waals surface area contributed by atoms with Crippen LogP contribution in [0.2, 0.25) is 0 Å². The maximum Gasteiger partial charge on any atom is 0.246 e. The first-order valence-electron chi connectivity index (χ1n) is 12.4. The molecule has 0 atom stereocenters. The Kier molecular flexibility index (Phi) is 4.46. The van der Waals surface area contributed by atoms with Crippen LogP contribution in [0.1, 0.15) is 52.7 Å². The fourth-order valence-electron chi connectivity index (χ4n) is 5.66. The Balaban J connectivity index is 1.82. The molecule has 4 aromatic carbocycles. The molecular formula is C32H32BN. The van der Waals surface area contributed by atoms with E-state index in [1.807, 2.05) is 0 Å². The van der Waals surface area contributed by atoms with Crippen molar-refractivity contribution in [1.29, 1.82) is 0 Å². The largest absolute Gasteiger partial charge is 0.310 e. The van der Waals surface area contributed by atoms with Crippen molar-refractivity contribution in [3.8, 4) is 5.69 Å². The molecule has 0 radical (unpaired) electrons. The van der Waals surface area contributed by atoms with E-state index in [0.717, 1.165) is 0 Å². The minimum absolute atomic E-state index is 0.0684. The second-order valence-electron chi connectivity index (χ2n) is 11.9. The second-order valence-corrected chi connectivity index (χ2v) is 11.9. The van der Waals surface area contributed by atoms with Crippen molar-refractivity contribution < 1.29 is 0 Å². The zero-order valence-corrected chi connectivity index (χ0v) is 21.1. The van der Waals surface area contributed by atoms with Crippen LogP contribution in [0.4, 0.5) is 0 Å². The van der Waals surface area contributed by atoms with Crippen LogP contribution in [0.25, 0.3) is 27.5 Å². The molecule has 34 heavy (non-hydrogen) atoms. The van der Waals surface area contributed by atoms with Gasteiger partial charge in [-0.1, -0.05) is 108 Å². The van der Waals surface area contributed by atoms with E-state index in [-0.39, 0.29) is 17.5 Å². The third-order valence-corrected chi connectivity index (χ3v) is 7.56. The highest BCUT2D eigenvalue weighted by atomic mass is 15.0. The van der Waals surface area contributed by atoms with Crippen LogP contribution >= 0.6 is 0 Å². The van der Waals surface area contributed by atoms with Crippen molar-refractivity contribution in [1.82, 2.24) is 4.57 Å². The number of hydrogen-bond donors (Lipinski definition) is 0. The molecule has 1 aromatic heterocycles. The SMILES string of the molecule is CC(C)(C)c1ccc2c(c1)c1cc(C(C)(C)C)cc3c1n2-c1ccccc1B3c1ccccc1. The molecule has 5 aromatic rings. The van der Waals surface area contributed by atoms with Crippen LogP contribution in [0.5, 0.6) is 0 Å². The third-order valence-electron chi connectivity index (χ3n) is 7.56. The van der Waals surface area contributed by atoms with Crippen molar-refractivity contribution in [3.63, 3.8) is 0 Å². The van der Waals surface area contributed by atoms with Gasteiger partial charge in [0.05, 0.1) is 5.52 Å². The zero-order valence-electron chi connectivity index (χ0n) is 21.1. The second kappa shape index (κ2) is 7.12.